The molecule has 0 unspecified atom stereocenters. The lowest BCUT2D eigenvalue weighted by molar-refractivity contribution is 0.284. The molecule has 0 bridgehead atoms. The van der Waals surface area contributed by atoms with Crippen LogP contribution in [0, 0.1) is 0 Å². The maximum absolute atomic E-state index is 11.6. The van der Waals surface area contributed by atoms with Crippen molar-refractivity contribution in [2.24, 2.45) is 0 Å². The van der Waals surface area contributed by atoms with Gasteiger partial charge in [-0.1, -0.05) is 0 Å². The number of hydrogen-bond donors (Lipinski definition) is 0. The molecule has 1 aromatic heterocycles. The maximum Gasteiger partial charge on any atom is 0.263 e. The molecule has 114 valence electrons. The van der Waals surface area contributed by atoms with Crippen LogP contribution in [0.1, 0.15) is 6.42 Å². The van der Waals surface area contributed by atoms with E-state index in [-0.39, 0.29) is 4.90 Å². The zero-order valence-corrected chi connectivity index (χ0v) is 13.5. The smallest absolute Gasteiger partial charge is 0.263 e. The van der Waals surface area contributed by atoms with Crippen molar-refractivity contribution >= 4 is 30.6 Å². The van der Waals surface area contributed by atoms with Gasteiger partial charge in [0.1, 0.15) is 10.6 Å². The van der Waals surface area contributed by atoms with Crippen LogP contribution in [0.2, 0.25) is 0 Å². The highest BCUT2D eigenvalue weighted by Gasteiger charge is 2.17. The Hall–Kier alpha value is -1.37. The number of pyridine rings is 1. The molecule has 1 heterocycles. The minimum Gasteiger partial charge on any atom is -0.493 e. The number of fused-ring (bicyclic) bond motifs is 1. The Kier molecular flexibility index (Phi) is 5.03. The highest BCUT2D eigenvalue weighted by atomic mass is 35.7. The highest BCUT2D eigenvalue weighted by molar-refractivity contribution is 8.14. The molecule has 0 radical (unpaired) electrons. The molecule has 1 aromatic carbocycles. The van der Waals surface area contributed by atoms with Crippen molar-refractivity contribution in [3.63, 3.8) is 0 Å². The van der Waals surface area contributed by atoms with E-state index in [2.05, 4.69) is 9.88 Å². The van der Waals surface area contributed by atoms with Crippen molar-refractivity contribution in [2.45, 2.75) is 11.3 Å². The molecule has 0 saturated carbocycles. The maximum atomic E-state index is 11.6. The number of aromatic nitrogens is 1. The number of nitrogens with zero attached hydrogens (tertiary/aromatic N) is 2. The van der Waals surface area contributed by atoms with Gasteiger partial charge in [0, 0.05) is 28.8 Å². The molecule has 7 heteroatoms. The quantitative estimate of drug-likeness (QED) is 0.602. The summed E-state index contributed by atoms with van der Waals surface area (Å²) in [7, 11) is 5.60. The summed E-state index contributed by atoms with van der Waals surface area (Å²) >= 11 is 0. The van der Waals surface area contributed by atoms with Crippen molar-refractivity contribution in [3.05, 3.63) is 30.5 Å². The minimum absolute atomic E-state index is 0.000378. The van der Waals surface area contributed by atoms with E-state index in [9.17, 15) is 8.42 Å². The van der Waals surface area contributed by atoms with Crippen LogP contribution in [0.15, 0.2) is 35.4 Å². The Bertz CT molecular complexity index is 732. The predicted octanol–water partition coefficient (Wildman–Crippen LogP) is 2.49. The lowest BCUT2D eigenvalue weighted by atomic mass is 10.2. The molecule has 2 aromatic rings. The molecule has 2 rings (SSSR count). The average Bonchev–Trinajstić information content (AvgIpc) is 2.42. The van der Waals surface area contributed by atoms with Crippen LogP contribution < -0.4 is 4.74 Å². The van der Waals surface area contributed by atoms with E-state index in [4.69, 9.17) is 15.4 Å². The van der Waals surface area contributed by atoms with E-state index in [0.29, 0.717) is 23.3 Å². The monoisotopic (exact) mass is 328 g/mol. The number of rotatable bonds is 6. The summed E-state index contributed by atoms with van der Waals surface area (Å²) in [5.41, 5.74) is 0.331. The van der Waals surface area contributed by atoms with Crippen molar-refractivity contribution in [1.29, 1.82) is 0 Å². The normalized spacial score (nSPS) is 12.0. The number of hydrogen-bond acceptors (Lipinski definition) is 5. The van der Waals surface area contributed by atoms with Crippen LogP contribution in [0.4, 0.5) is 0 Å². The average molecular weight is 329 g/mol. The van der Waals surface area contributed by atoms with Gasteiger partial charge in [0.05, 0.1) is 12.1 Å². The lowest BCUT2D eigenvalue weighted by Gasteiger charge is -2.12. The first-order chi connectivity index (χ1) is 9.89. The van der Waals surface area contributed by atoms with Gasteiger partial charge >= 0.3 is 0 Å². The topological polar surface area (TPSA) is 59.5 Å². The molecule has 0 saturated heterocycles. The molecule has 0 amide bonds. The third-order valence-electron chi connectivity index (χ3n) is 2.96. The van der Waals surface area contributed by atoms with Gasteiger partial charge in [0.25, 0.3) is 9.05 Å². The summed E-state index contributed by atoms with van der Waals surface area (Å²) in [5, 5.41) is 0.643. The molecule has 0 atom stereocenters. The van der Waals surface area contributed by atoms with Gasteiger partial charge in [-0.15, -0.1) is 0 Å². The van der Waals surface area contributed by atoms with Gasteiger partial charge in [-0.05, 0) is 44.8 Å². The third kappa shape index (κ3) is 4.06. The highest BCUT2D eigenvalue weighted by Crippen LogP contribution is 2.31. The standard InChI is InChI=1S/C14H17ClN2O3S/c1-17(2)9-4-10-20-12-6-7-13(21(15,18)19)14-11(12)5-3-8-16-14/h3,5-8H,4,9-10H2,1-2H3. The summed E-state index contributed by atoms with van der Waals surface area (Å²) in [4.78, 5) is 6.19. The Labute approximate surface area is 128 Å². The van der Waals surface area contributed by atoms with Crippen molar-refractivity contribution in [2.75, 3.05) is 27.2 Å². The fourth-order valence-electron chi connectivity index (χ4n) is 2.01. The second-order valence-corrected chi connectivity index (χ2v) is 7.44. The Balaban J connectivity index is 2.31. The van der Waals surface area contributed by atoms with Gasteiger partial charge in [-0.2, -0.15) is 0 Å². The Morgan fingerprint density at radius 2 is 2.05 bits per heavy atom. The van der Waals surface area contributed by atoms with Gasteiger partial charge in [0.15, 0.2) is 0 Å². The van der Waals surface area contributed by atoms with E-state index in [0.717, 1.165) is 13.0 Å². The van der Waals surface area contributed by atoms with E-state index in [1.54, 1.807) is 18.2 Å². The molecular formula is C14H17ClN2O3S. The Morgan fingerprint density at radius 3 is 2.71 bits per heavy atom. The summed E-state index contributed by atoms with van der Waals surface area (Å²) in [6.07, 6.45) is 2.41. The zero-order valence-electron chi connectivity index (χ0n) is 11.9. The molecular weight excluding hydrogens is 312 g/mol. The van der Waals surface area contributed by atoms with Gasteiger partial charge in [-0.25, -0.2) is 8.42 Å². The lowest BCUT2D eigenvalue weighted by Crippen LogP contribution is -2.15. The fraction of sp³-hybridized carbons (Fsp3) is 0.357. The first-order valence-electron chi connectivity index (χ1n) is 6.49. The summed E-state index contributed by atoms with van der Waals surface area (Å²) in [6.45, 7) is 1.47. The second-order valence-electron chi connectivity index (χ2n) is 4.90. The van der Waals surface area contributed by atoms with Gasteiger partial charge in [0.2, 0.25) is 0 Å². The third-order valence-corrected chi connectivity index (χ3v) is 4.32. The van der Waals surface area contributed by atoms with Crippen molar-refractivity contribution in [3.8, 4) is 5.75 Å². The van der Waals surface area contributed by atoms with E-state index in [1.807, 2.05) is 14.1 Å². The van der Waals surface area contributed by atoms with E-state index in [1.165, 1.54) is 12.3 Å². The molecule has 0 N–H and O–H groups in total. The van der Waals surface area contributed by atoms with Crippen LogP contribution in [0.25, 0.3) is 10.9 Å². The SMILES string of the molecule is CN(C)CCCOc1ccc(S(=O)(=O)Cl)c2ncccc12. The largest absolute Gasteiger partial charge is 0.493 e. The fourth-order valence-corrected chi connectivity index (χ4v) is 3.00. The summed E-state index contributed by atoms with van der Waals surface area (Å²) < 4.78 is 28.9. The van der Waals surface area contributed by atoms with Crippen LogP contribution in [-0.4, -0.2) is 45.5 Å². The molecule has 0 aliphatic heterocycles. The molecule has 0 aliphatic rings. The molecule has 5 nitrogen and oxygen atoms in total. The number of halogens is 1. The second kappa shape index (κ2) is 6.60. The number of ether oxygens (including phenoxy) is 1. The van der Waals surface area contributed by atoms with Crippen LogP contribution in [-0.2, 0) is 9.05 Å². The first kappa shape index (κ1) is 16.0. The molecule has 21 heavy (non-hydrogen) atoms. The van der Waals surface area contributed by atoms with Crippen LogP contribution >= 0.6 is 10.7 Å². The van der Waals surface area contributed by atoms with Gasteiger partial charge < -0.3 is 9.64 Å². The van der Waals surface area contributed by atoms with Gasteiger partial charge in [-0.3, -0.25) is 4.98 Å². The zero-order chi connectivity index (χ0) is 15.5. The summed E-state index contributed by atoms with van der Waals surface area (Å²) in [6, 6.07) is 6.56. The molecule has 0 aliphatic carbocycles. The van der Waals surface area contributed by atoms with E-state index < -0.39 is 9.05 Å². The molecule has 0 spiro atoms. The molecule has 0 fully saturated rings. The van der Waals surface area contributed by atoms with Crippen LogP contribution in [0.5, 0.6) is 5.75 Å². The van der Waals surface area contributed by atoms with Crippen molar-refractivity contribution in [1.82, 2.24) is 9.88 Å². The van der Waals surface area contributed by atoms with Crippen LogP contribution in [0.3, 0.4) is 0 Å². The Morgan fingerprint density at radius 1 is 1.29 bits per heavy atom. The van der Waals surface area contributed by atoms with Crippen molar-refractivity contribution < 1.29 is 13.2 Å². The summed E-state index contributed by atoms with van der Waals surface area (Å²) in [5.74, 6) is 0.612. The first-order valence-corrected chi connectivity index (χ1v) is 8.80. The number of benzene rings is 1. The minimum atomic E-state index is -3.84. The van der Waals surface area contributed by atoms with E-state index >= 15 is 0 Å². The predicted molar refractivity (Wildman–Crippen MR) is 83.4 cm³/mol.